The first-order valence-electron chi connectivity index (χ1n) is 4.39. The number of carbonyl (C=O) groups is 2. The van der Waals surface area contributed by atoms with Crippen LogP contribution in [0.4, 0.5) is 0 Å². The molecule has 6 heteroatoms. The lowest BCUT2D eigenvalue weighted by atomic mass is 10.1. The minimum absolute atomic E-state index is 0.0494. The fraction of sp³-hybridized carbons (Fsp3) is 0. The smallest absolute Gasteiger partial charge is 0.335 e. The monoisotopic (exact) mass is 217 g/mol. The Labute approximate surface area is 90.2 Å². The van der Waals surface area contributed by atoms with Crippen LogP contribution in [0.25, 0.3) is 5.69 Å². The van der Waals surface area contributed by atoms with E-state index in [2.05, 4.69) is 10.2 Å². The van der Waals surface area contributed by atoms with Gasteiger partial charge in [-0.05, 0) is 18.2 Å². The SMILES string of the molecule is O=Cc1cc(C(=O)O)cc(-n2cnnc2)c1. The predicted octanol–water partition coefficient (Wildman–Crippen LogP) is 0.778. The first-order chi connectivity index (χ1) is 7.70. The maximum absolute atomic E-state index is 10.8. The van der Waals surface area contributed by atoms with Gasteiger partial charge in [-0.1, -0.05) is 0 Å². The number of benzene rings is 1. The number of rotatable bonds is 3. The Morgan fingerprint density at radius 3 is 2.50 bits per heavy atom. The quantitative estimate of drug-likeness (QED) is 0.768. The zero-order valence-corrected chi connectivity index (χ0v) is 8.07. The summed E-state index contributed by atoms with van der Waals surface area (Å²) < 4.78 is 1.53. The van der Waals surface area contributed by atoms with Crippen molar-refractivity contribution >= 4 is 12.3 Å². The fourth-order valence-electron chi connectivity index (χ4n) is 1.31. The highest BCUT2D eigenvalue weighted by Crippen LogP contribution is 2.13. The molecule has 0 bridgehead atoms. The molecular formula is C10H7N3O3. The summed E-state index contributed by atoms with van der Waals surface area (Å²) in [5, 5.41) is 16.1. The van der Waals surface area contributed by atoms with Crippen molar-refractivity contribution in [1.29, 1.82) is 0 Å². The molecule has 0 unspecified atom stereocenters. The Bertz CT molecular complexity index is 534. The maximum atomic E-state index is 10.8. The van der Waals surface area contributed by atoms with Crippen molar-refractivity contribution in [1.82, 2.24) is 14.8 Å². The first-order valence-corrected chi connectivity index (χ1v) is 4.39. The van der Waals surface area contributed by atoms with E-state index in [-0.39, 0.29) is 5.56 Å². The lowest BCUT2D eigenvalue weighted by Gasteiger charge is -2.03. The van der Waals surface area contributed by atoms with Gasteiger partial charge in [0.1, 0.15) is 18.9 Å². The maximum Gasteiger partial charge on any atom is 0.335 e. The summed E-state index contributed by atoms with van der Waals surface area (Å²) in [6.07, 6.45) is 3.45. The number of carboxylic acid groups (broad SMARTS) is 1. The van der Waals surface area contributed by atoms with Gasteiger partial charge in [-0.3, -0.25) is 9.36 Å². The third kappa shape index (κ3) is 1.81. The van der Waals surface area contributed by atoms with Crippen LogP contribution in [-0.2, 0) is 0 Å². The second-order valence-corrected chi connectivity index (χ2v) is 3.11. The molecule has 0 saturated heterocycles. The zero-order chi connectivity index (χ0) is 11.5. The van der Waals surface area contributed by atoms with Crippen LogP contribution in [0.15, 0.2) is 30.9 Å². The van der Waals surface area contributed by atoms with E-state index in [0.29, 0.717) is 17.5 Å². The van der Waals surface area contributed by atoms with E-state index in [1.165, 1.54) is 29.4 Å². The standard InChI is InChI=1S/C10H7N3O3/c14-4-7-1-8(10(15)16)3-9(2-7)13-5-11-12-6-13/h1-6H,(H,15,16). The molecule has 1 aromatic heterocycles. The molecule has 2 rings (SSSR count). The van der Waals surface area contributed by atoms with Gasteiger partial charge in [0, 0.05) is 11.3 Å². The summed E-state index contributed by atoms with van der Waals surface area (Å²) in [5.41, 5.74) is 0.879. The minimum Gasteiger partial charge on any atom is -0.478 e. The van der Waals surface area contributed by atoms with Crippen LogP contribution in [0, 0.1) is 0 Å². The number of hydrogen-bond acceptors (Lipinski definition) is 4. The molecule has 80 valence electrons. The van der Waals surface area contributed by atoms with Gasteiger partial charge in [-0.2, -0.15) is 0 Å². The van der Waals surface area contributed by atoms with Gasteiger partial charge in [0.05, 0.1) is 5.56 Å². The highest BCUT2D eigenvalue weighted by atomic mass is 16.4. The van der Waals surface area contributed by atoms with Crippen molar-refractivity contribution in [2.75, 3.05) is 0 Å². The Morgan fingerprint density at radius 2 is 1.94 bits per heavy atom. The normalized spacial score (nSPS) is 10.0. The molecule has 0 radical (unpaired) electrons. The Morgan fingerprint density at radius 1 is 1.25 bits per heavy atom. The first kappa shape index (κ1) is 10.0. The number of aromatic carboxylic acids is 1. The molecule has 1 N–H and O–H groups in total. The number of nitrogens with zero attached hydrogens (tertiary/aromatic N) is 3. The van der Waals surface area contributed by atoms with Crippen molar-refractivity contribution < 1.29 is 14.7 Å². The molecule has 0 saturated carbocycles. The molecule has 0 aliphatic heterocycles. The summed E-state index contributed by atoms with van der Waals surface area (Å²) in [6.45, 7) is 0. The van der Waals surface area contributed by atoms with E-state index < -0.39 is 5.97 Å². The van der Waals surface area contributed by atoms with Crippen molar-refractivity contribution in [3.63, 3.8) is 0 Å². The zero-order valence-electron chi connectivity index (χ0n) is 8.07. The highest BCUT2D eigenvalue weighted by molar-refractivity contribution is 5.91. The number of carbonyl (C=O) groups excluding carboxylic acids is 1. The van der Waals surface area contributed by atoms with Crippen molar-refractivity contribution in [3.05, 3.63) is 42.0 Å². The van der Waals surface area contributed by atoms with Gasteiger partial charge >= 0.3 is 5.97 Å². The molecule has 0 aliphatic carbocycles. The van der Waals surface area contributed by atoms with Gasteiger partial charge in [-0.15, -0.1) is 10.2 Å². The predicted molar refractivity (Wildman–Crippen MR) is 53.7 cm³/mol. The Kier molecular flexibility index (Phi) is 2.47. The molecule has 0 aliphatic rings. The second-order valence-electron chi connectivity index (χ2n) is 3.11. The molecule has 0 spiro atoms. The van der Waals surface area contributed by atoms with Gasteiger partial charge in [-0.25, -0.2) is 4.79 Å². The molecule has 1 aromatic carbocycles. The van der Waals surface area contributed by atoms with Crippen LogP contribution in [0.3, 0.4) is 0 Å². The summed E-state index contributed by atoms with van der Waals surface area (Å²) in [5.74, 6) is -1.09. The molecule has 2 aromatic rings. The average molecular weight is 217 g/mol. The van der Waals surface area contributed by atoms with Crippen LogP contribution >= 0.6 is 0 Å². The van der Waals surface area contributed by atoms with Crippen LogP contribution < -0.4 is 0 Å². The van der Waals surface area contributed by atoms with E-state index in [9.17, 15) is 9.59 Å². The van der Waals surface area contributed by atoms with Crippen LogP contribution in [0.2, 0.25) is 0 Å². The molecule has 0 amide bonds. The fourth-order valence-corrected chi connectivity index (χ4v) is 1.31. The van der Waals surface area contributed by atoms with Crippen molar-refractivity contribution in [2.24, 2.45) is 0 Å². The third-order valence-electron chi connectivity index (χ3n) is 2.04. The summed E-state index contributed by atoms with van der Waals surface area (Å²) >= 11 is 0. The van der Waals surface area contributed by atoms with Gasteiger partial charge in [0.15, 0.2) is 0 Å². The summed E-state index contributed by atoms with van der Waals surface area (Å²) in [7, 11) is 0. The van der Waals surface area contributed by atoms with Crippen molar-refractivity contribution in [2.45, 2.75) is 0 Å². The molecular weight excluding hydrogens is 210 g/mol. The average Bonchev–Trinajstić information content (AvgIpc) is 2.81. The lowest BCUT2D eigenvalue weighted by molar-refractivity contribution is 0.0697. The third-order valence-corrected chi connectivity index (χ3v) is 2.04. The Hall–Kier alpha value is -2.50. The van der Waals surface area contributed by atoms with E-state index in [1.807, 2.05) is 0 Å². The summed E-state index contributed by atoms with van der Waals surface area (Å²) in [4.78, 5) is 21.5. The minimum atomic E-state index is -1.09. The van der Waals surface area contributed by atoms with Crippen LogP contribution in [0.1, 0.15) is 20.7 Å². The largest absolute Gasteiger partial charge is 0.478 e. The van der Waals surface area contributed by atoms with Gasteiger partial charge in [0.25, 0.3) is 0 Å². The van der Waals surface area contributed by atoms with Crippen molar-refractivity contribution in [3.8, 4) is 5.69 Å². The number of aromatic nitrogens is 3. The van der Waals surface area contributed by atoms with E-state index in [0.717, 1.165) is 0 Å². The van der Waals surface area contributed by atoms with E-state index >= 15 is 0 Å². The molecule has 6 nitrogen and oxygen atoms in total. The Balaban J connectivity index is 2.58. The van der Waals surface area contributed by atoms with Crippen LogP contribution in [-0.4, -0.2) is 32.1 Å². The van der Waals surface area contributed by atoms with E-state index in [1.54, 1.807) is 6.07 Å². The molecule has 16 heavy (non-hydrogen) atoms. The number of aldehydes is 1. The molecule has 0 fully saturated rings. The van der Waals surface area contributed by atoms with Crippen LogP contribution in [0.5, 0.6) is 0 Å². The summed E-state index contributed by atoms with van der Waals surface area (Å²) in [6, 6.07) is 4.31. The van der Waals surface area contributed by atoms with E-state index in [4.69, 9.17) is 5.11 Å². The second kappa shape index (κ2) is 3.93. The lowest BCUT2D eigenvalue weighted by Crippen LogP contribution is -2.01. The highest BCUT2D eigenvalue weighted by Gasteiger charge is 2.07. The topological polar surface area (TPSA) is 85.1 Å². The number of hydrogen-bond donors (Lipinski definition) is 1. The molecule has 0 atom stereocenters. The number of carboxylic acids is 1. The van der Waals surface area contributed by atoms with Gasteiger partial charge in [0.2, 0.25) is 0 Å². The van der Waals surface area contributed by atoms with Gasteiger partial charge < -0.3 is 5.11 Å². The molecule has 1 heterocycles.